The lowest BCUT2D eigenvalue weighted by atomic mass is 10.9. The minimum atomic E-state index is -3.48. The van der Waals surface area contributed by atoms with Gasteiger partial charge < -0.3 is 8.60 Å². The minimum Gasteiger partial charge on any atom is -0.412 e. The Balaban J connectivity index is 2.72. The van der Waals surface area contributed by atoms with Crippen molar-refractivity contribution >= 4 is 10.1 Å². The SMILES string of the molecule is CCS(=O)(=O)Oc1cnco1. The van der Waals surface area contributed by atoms with Crippen molar-refractivity contribution in [1.29, 1.82) is 0 Å². The zero-order valence-electron chi connectivity index (χ0n) is 5.85. The van der Waals surface area contributed by atoms with Crippen LogP contribution in [-0.4, -0.2) is 19.2 Å². The van der Waals surface area contributed by atoms with Crippen LogP contribution in [0.25, 0.3) is 0 Å². The molecule has 0 aromatic carbocycles. The van der Waals surface area contributed by atoms with Crippen molar-refractivity contribution in [3.8, 4) is 5.95 Å². The molecule has 0 saturated carbocycles. The predicted octanol–water partition coefficient (Wildman–Crippen LogP) is 0.403. The molecule has 0 aliphatic heterocycles. The molecule has 6 heteroatoms. The summed E-state index contributed by atoms with van der Waals surface area (Å²) in [5, 5.41) is 0. The quantitative estimate of drug-likeness (QED) is 0.625. The zero-order valence-corrected chi connectivity index (χ0v) is 6.67. The van der Waals surface area contributed by atoms with Crippen LogP contribution in [0.4, 0.5) is 0 Å². The van der Waals surface area contributed by atoms with Crippen molar-refractivity contribution in [2.24, 2.45) is 0 Å². The summed E-state index contributed by atoms with van der Waals surface area (Å²) in [5.41, 5.74) is 0. The van der Waals surface area contributed by atoms with Crippen LogP contribution in [0.5, 0.6) is 5.95 Å². The molecule has 0 unspecified atom stereocenters. The molecule has 0 aliphatic rings. The van der Waals surface area contributed by atoms with Crippen molar-refractivity contribution < 1.29 is 17.0 Å². The Labute approximate surface area is 64.1 Å². The molecule has 1 aromatic heterocycles. The minimum absolute atomic E-state index is 0.0896. The first-order valence-corrected chi connectivity index (χ1v) is 4.52. The fourth-order valence-corrected chi connectivity index (χ4v) is 0.880. The van der Waals surface area contributed by atoms with Crippen molar-refractivity contribution in [2.45, 2.75) is 6.92 Å². The molecule has 0 N–H and O–H groups in total. The van der Waals surface area contributed by atoms with Crippen LogP contribution >= 0.6 is 0 Å². The van der Waals surface area contributed by atoms with E-state index in [2.05, 4.69) is 13.6 Å². The summed E-state index contributed by atoms with van der Waals surface area (Å²) < 4.78 is 30.5. The van der Waals surface area contributed by atoms with Gasteiger partial charge in [-0.3, -0.25) is 0 Å². The van der Waals surface area contributed by atoms with Crippen molar-refractivity contribution in [1.82, 2.24) is 4.98 Å². The maximum Gasteiger partial charge on any atom is 0.321 e. The number of nitrogens with zero attached hydrogens (tertiary/aromatic N) is 1. The van der Waals surface area contributed by atoms with Crippen molar-refractivity contribution in [3.63, 3.8) is 0 Å². The Kier molecular flexibility index (Phi) is 2.13. The Hall–Kier alpha value is -1.04. The molecule has 0 radical (unpaired) electrons. The standard InChI is InChI=1S/C5H7NO4S/c1-2-11(7,8)10-5-3-6-4-9-5/h3-4H,2H2,1H3. The number of rotatable bonds is 3. The second-order valence-corrected chi connectivity index (χ2v) is 3.61. The summed E-state index contributed by atoms with van der Waals surface area (Å²) in [7, 11) is -3.48. The monoisotopic (exact) mass is 177 g/mol. The largest absolute Gasteiger partial charge is 0.412 e. The molecular weight excluding hydrogens is 170 g/mol. The van der Waals surface area contributed by atoms with Crippen LogP contribution < -0.4 is 4.18 Å². The molecule has 0 amide bonds. The first kappa shape index (κ1) is 8.06. The first-order chi connectivity index (χ1) is 5.14. The highest BCUT2D eigenvalue weighted by Crippen LogP contribution is 2.10. The highest BCUT2D eigenvalue weighted by atomic mass is 32.2. The third-order valence-electron chi connectivity index (χ3n) is 0.972. The van der Waals surface area contributed by atoms with Gasteiger partial charge in [-0.1, -0.05) is 0 Å². The average Bonchev–Trinajstić information content (AvgIpc) is 2.39. The molecule has 11 heavy (non-hydrogen) atoms. The van der Waals surface area contributed by atoms with Crippen LogP contribution in [0.3, 0.4) is 0 Å². The van der Waals surface area contributed by atoms with E-state index in [0.29, 0.717) is 0 Å². The van der Waals surface area contributed by atoms with E-state index in [1.54, 1.807) is 0 Å². The van der Waals surface area contributed by atoms with Gasteiger partial charge in [-0.15, -0.1) is 0 Å². The van der Waals surface area contributed by atoms with E-state index < -0.39 is 10.1 Å². The Morgan fingerprint density at radius 3 is 2.91 bits per heavy atom. The number of oxazole rings is 1. The Bertz CT molecular complexity index is 301. The fraction of sp³-hybridized carbons (Fsp3) is 0.400. The van der Waals surface area contributed by atoms with E-state index in [1.807, 2.05) is 0 Å². The molecule has 1 heterocycles. The van der Waals surface area contributed by atoms with Gasteiger partial charge in [0.25, 0.3) is 0 Å². The molecule has 5 nitrogen and oxygen atoms in total. The van der Waals surface area contributed by atoms with E-state index in [1.165, 1.54) is 13.1 Å². The topological polar surface area (TPSA) is 69.4 Å². The maximum absolute atomic E-state index is 10.8. The molecule has 1 aromatic rings. The van der Waals surface area contributed by atoms with E-state index >= 15 is 0 Å². The molecule has 0 fully saturated rings. The van der Waals surface area contributed by atoms with E-state index in [0.717, 1.165) is 6.39 Å². The summed E-state index contributed by atoms with van der Waals surface area (Å²) >= 11 is 0. The molecule has 1 rings (SSSR count). The first-order valence-electron chi connectivity index (χ1n) is 2.94. The molecule has 0 aliphatic carbocycles. The molecule has 0 spiro atoms. The van der Waals surface area contributed by atoms with Crippen LogP contribution in [0, 0.1) is 0 Å². The second kappa shape index (κ2) is 2.91. The van der Waals surface area contributed by atoms with Gasteiger partial charge in [-0.2, -0.15) is 8.42 Å². The van der Waals surface area contributed by atoms with Gasteiger partial charge in [0, 0.05) is 0 Å². The number of aromatic nitrogens is 1. The van der Waals surface area contributed by atoms with Crippen LogP contribution in [0.2, 0.25) is 0 Å². The highest BCUT2D eigenvalue weighted by molar-refractivity contribution is 7.87. The summed E-state index contributed by atoms with van der Waals surface area (Å²) in [4.78, 5) is 3.48. The summed E-state index contributed by atoms with van der Waals surface area (Å²) in [6.07, 6.45) is 2.29. The Morgan fingerprint density at radius 1 is 1.73 bits per heavy atom. The van der Waals surface area contributed by atoms with Gasteiger partial charge in [0.05, 0.1) is 5.75 Å². The lowest BCUT2D eigenvalue weighted by Crippen LogP contribution is -2.10. The normalized spacial score (nSPS) is 11.4. The fourth-order valence-electron chi connectivity index (χ4n) is 0.429. The molecule has 0 saturated heterocycles. The summed E-state index contributed by atoms with van der Waals surface area (Å²) in [6.45, 7) is 1.48. The molecule has 62 valence electrons. The molecule has 0 bridgehead atoms. The smallest absolute Gasteiger partial charge is 0.321 e. The molecular formula is C5H7NO4S. The third-order valence-corrected chi connectivity index (χ3v) is 2.10. The van der Waals surface area contributed by atoms with Gasteiger partial charge in [0.2, 0.25) is 0 Å². The second-order valence-electron chi connectivity index (χ2n) is 1.75. The predicted molar refractivity (Wildman–Crippen MR) is 36.6 cm³/mol. The third kappa shape index (κ3) is 2.23. The van der Waals surface area contributed by atoms with Gasteiger partial charge in [0.15, 0.2) is 6.39 Å². The maximum atomic E-state index is 10.8. The molecule has 0 atom stereocenters. The highest BCUT2D eigenvalue weighted by Gasteiger charge is 2.10. The number of hydrogen-bond donors (Lipinski definition) is 0. The number of hydrogen-bond acceptors (Lipinski definition) is 5. The van der Waals surface area contributed by atoms with Gasteiger partial charge in [-0.05, 0) is 6.92 Å². The van der Waals surface area contributed by atoms with Crippen molar-refractivity contribution in [3.05, 3.63) is 12.6 Å². The lowest BCUT2D eigenvalue weighted by Gasteiger charge is -1.97. The van der Waals surface area contributed by atoms with E-state index in [4.69, 9.17) is 0 Å². The van der Waals surface area contributed by atoms with Gasteiger partial charge in [0.1, 0.15) is 6.20 Å². The van der Waals surface area contributed by atoms with Crippen LogP contribution in [0.15, 0.2) is 17.0 Å². The van der Waals surface area contributed by atoms with Crippen LogP contribution in [-0.2, 0) is 10.1 Å². The summed E-state index contributed by atoms with van der Waals surface area (Å²) in [6, 6.07) is 0. The van der Waals surface area contributed by atoms with E-state index in [-0.39, 0.29) is 11.7 Å². The lowest BCUT2D eigenvalue weighted by molar-refractivity contribution is 0.382. The average molecular weight is 177 g/mol. The zero-order chi connectivity index (χ0) is 8.32. The van der Waals surface area contributed by atoms with Crippen molar-refractivity contribution in [2.75, 3.05) is 5.75 Å². The van der Waals surface area contributed by atoms with Gasteiger partial charge in [-0.25, -0.2) is 4.98 Å². The van der Waals surface area contributed by atoms with Crippen LogP contribution in [0.1, 0.15) is 6.92 Å². The van der Waals surface area contributed by atoms with E-state index in [9.17, 15) is 8.42 Å². The summed E-state index contributed by atoms with van der Waals surface area (Å²) in [5.74, 6) is -0.194. The van der Waals surface area contributed by atoms with Gasteiger partial charge >= 0.3 is 16.1 Å². The Morgan fingerprint density at radius 2 is 2.45 bits per heavy atom.